The van der Waals surface area contributed by atoms with Crippen LogP contribution in [-0.2, 0) is 6.54 Å². The van der Waals surface area contributed by atoms with Crippen LogP contribution >= 0.6 is 24.0 Å². The minimum absolute atomic E-state index is 0. The Morgan fingerprint density at radius 2 is 1.89 bits per heavy atom. The number of hydrogen-bond acceptors (Lipinski definition) is 5. The molecule has 0 saturated carbocycles. The van der Waals surface area contributed by atoms with Crippen molar-refractivity contribution in [3.05, 3.63) is 47.9 Å². The first kappa shape index (κ1) is 24.1. The van der Waals surface area contributed by atoms with Gasteiger partial charge in [-0.1, -0.05) is 6.07 Å². The quantitative estimate of drug-likeness (QED) is 0.312. The minimum Gasteiger partial charge on any atom is -0.493 e. The molecular weight excluding hydrogens is 471 g/mol. The van der Waals surface area contributed by atoms with E-state index in [0.29, 0.717) is 24.6 Å². The molecule has 7 nitrogen and oxygen atoms in total. The number of guanidine groups is 1. The molecule has 1 aromatic heterocycles. The zero-order chi connectivity index (χ0) is 19.6. The molecule has 156 valence electrons. The van der Waals surface area contributed by atoms with Crippen molar-refractivity contribution in [1.29, 1.82) is 0 Å². The number of aliphatic imine (C=N–C) groups is 1. The molecule has 1 unspecified atom stereocenters. The summed E-state index contributed by atoms with van der Waals surface area (Å²) in [4.78, 5) is 6.79. The fourth-order valence-electron chi connectivity index (χ4n) is 2.70. The fourth-order valence-corrected chi connectivity index (χ4v) is 2.70. The molecule has 0 aliphatic heterocycles. The molecule has 2 N–H and O–H groups in total. The van der Waals surface area contributed by atoms with Crippen LogP contribution in [0.15, 0.2) is 46.0 Å². The first-order valence-corrected chi connectivity index (χ1v) is 9.02. The third-order valence-corrected chi connectivity index (χ3v) is 4.17. The highest BCUT2D eigenvalue weighted by Gasteiger charge is 2.17. The molecule has 0 bridgehead atoms. The average Bonchev–Trinajstić information content (AvgIpc) is 3.19. The predicted molar refractivity (Wildman–Crippen MR) is 123 cm³/mol. The zero-order valence-electron chi connectivity index (χ0n) is 17.2. The van der Waals surface area contributed by atoms with Crippen LogP contribution in [0.4, 0.5) is 0 Å². The van der Waals surface area contributed by atoms with Gasteiger partial charge in [-0.3, -0.25) is 4.90 Å². The third kappa shape index (κ3) is 6.90. The summed E-state index contributed by atoms with van der Waals surface area (Å²) in [6, 6.07) is 9.83. The SMILES string of the molecule is CCNC(=NCc1ccc(OC)c(OC)c1)NCC(c1ccco1)N(C)C.I. The molecule has 0 spiro atoms. The van der Waals surface area contributed by atoms with Gasteiger partial charge in [0.25, 0.3) is 0 Å². The van der Waals surface area contributed by atoms with E-state index in [1.54, 1.807) is 20.5 Å². The smallest absolute Gasteiger partial charge is 0.191 e. The lowest BCUT2D eigenvalue weighted by molar-refractivity contribution is 0.258. The van der Waals surface area contributed by atoms with Crippen LogP contribution in [0, 0.1) is 0 Å². The van der Waals surface area contributed by atoms with Gasteiger partial charge in [0.2, 0.25) is 0 Å². The molecule has 2 aromatic rings. The van der Waals surface area contributed by atoms with E-state index in [1.807, 2.05) is 51.4 Å². The molecule has 28 heavy (non-hydrogen) atoms. The van der Waals surface area contributed by atoms with Gasteiger partial charge in [-0.25, -0.2) is 4.99 Å². The van der Waals surface area contributed by atoms with Crippen LogP contribution in [0.25, 0.3) is 0 Å². The summed E-state index contributed by atoms with van der Waals surface area (Å²) in [5.74, 6) is 3.09. The van der Waals surface area contributed by atoms with Crippen LogP contribution in [0.3, 0.4) is 0 Å². The second-order valence-electron chi connectivity index (χ2n) is 6.26. The Kier molecular flexibility index (Phi) is 10.8. The van der Waals surface area contributed by atoms with E-state index in [0.717, 1.165) is 23.8 Å². The Labute approximate surface area is 184 Å². The maximum absolute atomic E-state index is 5.56. The van der Waals surface area contributed by atoms with Crippen LogP contribution in [0.1, 0.15) is 24.3 Å². The number of nitrogens with one attached hydrogen (secondary N) is 2. The highest BCUT2D eigenvalue weighted by atomic mass is 127. The molecule has 0 aliphatic carbocycles. The molecule has 0 amide bonds. The largest absolute Gasteiger partial charge is 0.493 e. The first-order valence-electron chi connectivity index (χ1n) is 9.02. The lowest BCUT2D eigenvalue weighted by Gasteiger charge is -2.23. The Bertz CT molecular complexity index is 720. The standard InChI is InChI=1S/C20H30N4O3.HI/c1-6-21-20(23-14-16(24(2)3)17-8-7-11-27-17)22-13-15-9-10-18(25-4)19(12-15)26-5;/h7-12,16H,6,13-14H2,1-5H3,(H2,21,22,23);1H. The van der Waals surface area contributed by atoms with Crippen LogP contribution in [0.2, 0.25) is 0 Å². The summed E-state index contributed by atoms with van der Waals surface area (Å²) < 4.78 is 16.2. The van der Waals surface area contributed by atoms with E-state index in [-0.39, 0.29) is 30.0 Å². The van der Waals surface area contributed by atoms with Crippen molar-refractivity contribution in [3.63, 3.8) is 0 Å². The number of halogens is 1. The normalized spacial score (nSPS) is 12.3. The first-order chi connectivity index (χ1) is 13.1. The second-order valence-corrected chi connectivity index (χ2v) is 6.26. The van der Waals surface area contributed by atoms with Gasteiger partial charge in [-0.15, -0.1) is 24.0 Å². The number of ether oxygens (including phenoxy) is 2. The predicted octanol–water partition coefficient (Wildman–Crippen LogP) is 3.27. The number of benzene rings is 1. The van der Waals surface area contributed by atoms with Gasteiger partial charge in [0.05, 0.1) is 33.1 Å². The topological polar surface area (TPSA) is 71.3 Å². The molecule has 2 rings (SSSR count). The summed E-state index contributed by atoms with van der Waals surface area (Å²) in [5.41, 5.74) is 1.04. The van der Waals surface area contributed by atoms with Gasteiger partial charge in [-0.2, -0.15) is 0 Å². The van der Waals surface area contributed by atoms with Crippen molar-refractivity contribution in [1.82, 2.24) is 15.5 Å². The molecule has 1 atom stereocenters. The summed E-state index contributed by atoms with van der Waals surface area (Å²) in [7, 11) is 7.32. The maximum atomic E-state index is 5.56. The lowest BCUT2D eigenvalue weighted by atomic mass is 10.2. The summed E-state index contributed by atoms with van der Waals surface area (Å²) >= 11 is 0. The number of rotatable bonds is 9. The Hall–Kier alpha value is -1.94. The van der Waals surface area contributed by atoms with Crippen molar-refractivity contribution in [2.24, 2.45) is 4.99 Å². The Morgan fingerprint density at radius 3 is 2.46 bits per heavy atom. The second kappa shape index (κ2) is 12.5. The molecule has 8 heteroatoms. The zero-order valence-corrected chi connectivity index (χ0v) is 19.5. The van der Waals surface area contributed by atoms with E-state index >= 15 is 0 Å². The van der Waals surface area contributed by atoms with Crippen molar-refractivity contribution in [2.45, 2.75) is 19.5 Å². The van der Waals surface area contributed by atoms with Crippen LogP contribution in [0.5, 0.6) is 11.5 Å². The molecule has 1 aromatic carbocycles. The van der Waals surface area contributed by atoms with Gasteiger partial charge >= 0.3 is 0 Å². The number of nitrogens with zero attached hydrogens (tertiary/aromatic N) is 2. The Balaban J connectivity index is 0.00000392. The molecule has 1 heterocycles. The van der Waals surface area contributed by atoms with Crippen molar-refractivity contribution in [2.75, 3.05) is 41.4 Å². The van der Waals surface area contributed by atoms with Crippen molar-refractivity contribution >= 4 is 29.9 Å². The number of likely N-dealkylation sites (N-methyl/N-ethyl adjacent to an activating group) is 1. The highest BCUT2D eigenvalue weighted by Crippen LogP contribution is 2.27. The van der Waals surface area contributed by atoms with Gasteiger partial charge in [0.15, 0.2) is 17.5 Å². The monoisotopic (exact) mass is 502 g/mol. The number of hydrogen-bond donors (Lipinski definition) is 2. The van der Waals surface area contributed by atoms with Crippen LogP contribution < -0.4 is 20.1 Å². The van der Waals surface area contributed by atoms with Gasteiger partial charge in [0.1, 0.15) is 5.76 Å². The molecule has 0 aliphatic rings. The van der Waals surface area contributed by atoms with Gasteiger partial charge < -0.3 is 24.5 Å². The summed E-state index contributed by atoms with van der Waals surface area (Å²) in [6.45, 7) is 4.04. The van der Waals surface area contributed by atoms with Crippen LogP contribution in [-0.4, -0.2) is 52.3 Å². The lowest BCUT2D eigenvalue weighted by Crippen LogP contribution is -2.41. The van der Waals surface area contributed by atoms with E-state index in [9.17, 15) is 0 Å². The van der Waals surface area contributed by atoms with E-state index < -0.39 is 0 Å². The van der Waals surface area contributed by atoms with Crippen molar-refractivity contribution < 1.29 is 13.9 Å². The Morgan fingerprint density at radius 1 is 1.14 bits per heavy atom. The molecule has 0 saturated heterocycles. The fraction of sp³-hybridized carbons (Fsp3) is 0.450. The third-order valence-electron chi connectivity index (χ3n) is 4.17. The number of methoxy groups -OCH3 is 2. The van der Waals surface area contributed by atoms with E-state index in [4.69, 9.17) is 13.9 Å². The van der Waals surface area contributed by atoms with E-state index in [1.165, 1.54) is 0 Å². The summed E-state index contributed by atoms with van der Waals surface area (Å²) in [6.07, 6.45) is 1.70. The number of furan rings is 1. The van der Waals surface area contributed by atoms with Crippen molar-refractivity contribution in [3.8, 4) is 11.5 Å². The van der Waals surface area contributed by atoms with Gasteiger partial charge in [-0.05, 0) is 50.8 Å². The molecule has 0 radical (unpaired) electrons. The average molecular weight is 502 g/mol. The highest BCUT2D eigenvalue weighted by molar-refractivity contribution is 14.0. The van der Waals surface area contributed by atoms with E-state index in [2.05, 4.69) is 20.5 Å². The van der Waals surface area contributed by atoms with Gasteiger partial charge in [0, 0.05) is 13.1 Å². The summed E-state index contributed by atoms with van der Waals surface area (Å²) in [5, 5.41) is 6.67. The molecule has 0 fully saturated rings. The maximum Gasteiger partial charge on any atom is 0.191 e. The molecular formula is C20H31IN4O3. The minimum atomic E-state index is 0.